The number of carbonyl (C=O) groups is 1. The molecule has 4 atom stereocenters. The van der Waals surface area contributed by atoms with Gasteiger partial charge in [-0.25, -0.2) is 15.1 Å². The number of aliphatic hydroxyl groups excluding tert-OH is 1. The molecule has 13 heteroatoms. The highest BCUT2D eigenvalue weighted by atomic mass is 79.9. The molecule has 3 aromatic rings. The van der Waals surface area contributed by atoms with Crippen molar-refractivity contribution >= 4 is 37.8 Å². The maximum atomic E-state index is 13.3. The molecule has 4 rings (SSSR count). The molecule has 35 heavy (non-hydrogen) atoms. The fraction of sp³-hybridized carbons (Fsp3) is 0.364. The van der Waals surface area contributed by atoms with Crippen LogP contribution in [0, 0.1) is 5.92 Å². The molecular formula is C22H25BrN6O5S. The lowest BCUT2D eigenvalue weighted by molar-refractivity contribution is 0.101. The van der Waals surface area contributed by atoms with Gasteiger partial charge in [0.05, 0.1) is 24.3 Å². The second-order valence-electron chi connectivity index (χ2n) is 8.44. The van der Waals surface area contributed by atoms with Crippen molar-refractivity contribution < 1.29 is 22.5 Å². The van der Waals surface area contributed by atoms with Crippen LogP contribution in [0.3, 0.4) is 0 Å². The summed E-state index contributed by atoms with van der Waals surface area (Å²) in [6.07, 6.45) is 4.44. The van der Waals surface area contributed by atoms with Gasteiger partial charge in [0.2, 0.25) is 5.78 Å². The van der Waals surface area contributed by atoms with Crippen LogP contribution in [-0.2, 0) is 14.5 Å². The SMILES string of the molecule is C[C@@H](c1cccc(Br)c1)n1ccc(C(=O)c2cncnc2N[C@@H]2C[C@H](COS(N)(=O)=O)[C@@H](O)C2)n1. The van der Waals surface area contributed by atoms with Crippen LogP contribution >= 0.6 is 15.9 Å². The monoisotopic (exact) mass is 564 g/mol. The molecule has 0 unspecified atom stereocenters. The van der Waals surface area contributed by atoms with Gasteiger partial charge < -0.3 is 10.4 Å². The van der Waals surface area contributed by atoms with E-state index in [1.165, 1.54) is 12.5 Å². The van der Waals surface area contributed by atoms with Gasteiger partial charge >= 0.3 is 10.3 Å². The Bertz CT molecular complexity index is 1320. The highest BCUT2D eigenvalue weighted by Gasteiger charge is 2.35. The fourth-order valence-corrected chi connectivity index (χ4v) is 4.90. The van der Waals surface area contributed by atoms with Gasteiger partial charge in [-0.2, -0.15) is 13.5 Å². The van der Waals surface area contributed by atoms with Gasteiger partial charge in [-0.15, -0.1) is 0 Å². The van der Waals surface area contributed by atoms with Crippen molar-refractivity contribution in [1.82, 2.24) is 19.7 Å². The zero-order valence-corrected chi connectivity index (χ0v) is 21.2. The number of halogens is 1. The predicted octanol–water partition coefficient (Wildman–Crippen LogP) is 2.05. The summed E-state index contributed by atoms with van der Waals surface area (Å²) < 4.78 is 29.4. The lowest BCUT2D eigenvalue weighted by Gasteiger charge is -2.15. The molecule has 186 valence electrons. The van der Waals surface area contributed by atoms with Gasteiger partial charge in [-0.3, -0.25) is 13.7 Å². The Morgan fingerprint density at radius 1 is 1.37 bits per heavy atom. The number of hydrogen-bond donors (Lipinski definition) is 3. The Labute approximate surface area is 211 Å². The van der Waals surface area contributed by atoms with Gasteiger partial charge in [0.15, 0.2) is 0 Å². The largest absolute Gasteiger partial charge is 0.393 e. The Morgan fingerprint density at radius 3 is 2.91 bits per heavy atom. The number of ketones is 1. The van der Waals surface area contributed by atoms with Crippen LogP contribution in [0.2, 0.25) is 0 Å². The predicted molar refractivity (Wildman–Crippen MR) is 131 cm³/mol. The standard InChI is InChI=1S/C22H25BrN6O5S/c1-13(14-3-2-4-16(23)7-14)29-6-5-19(28-29)21(31)18-10-25-12-26-22(18)27-17-8-15(20(30)9-17)11-34-35(24,32)33/h2-7,10,12-13,15,17,20,30H,8-9,11H2,1H3,(H2,24,32,33)(H,25,26,27)/t13-,15+,17+,20-/m0/s1. The van der Waals surface area contributed by atoms with Crippen LogP contribution in [0.1, 0.15) is 47.4 Å². The molecule has 1 aliphatic carbocycles. The zero-order valence-electron chi connectivity index (χ0n) is 18.8. The van der Waals surface area contributed by atoms with Crippen molar-refractivity contribution in [1.29, 1.82) is 0 Å². The van der Waals surface area contributed by atoms with Crippen LogP contribution in [0.15, 0.2) is 53.5 Å². The van der Waals surface area contributed by atoms with E-state index in [-0.39, 0.29) is 35.7 Å². The minimum Gasteiger partial charge on any atom is -0.393 e. The van der Waals surface area contributed by atoms with Crippen molar-refractivity contribution in [3.8, 4) is 0 Å². The Balaban J connectivity index is 1.47. The molecule has 2 heterocycles. The number of nitrogens with one attached hydrogen (secondary N) is 1. The van der Waals surface area contributed by atoms with E-state index in [2.05, 4.69) is 40.5 Å². The molecule has 1 aromatic carbocycles. The number of aromatic nitrogens is 4. The molecule has 0 spiro atoms. The summed E-state index contributed by atoms with van der Waals surface area (Å²) >= 11 is 3.47. The van der Waals surface area contributed by atoms with Crippen molar-refractivity contribution in [2.75, 3.05) is 11.9 Å². The number of nitrogens with zero attached hydrogens (tertiary/aromatic N) is 4. The number of nitrogens with two attached hydrogens (primary N) is 1. The van der Waals surface area contributed by atoms with E-state index in [9.17, 15) is 18.3 Å². The first kappa shape index (κ1) is 25.4. The van der Waals surface area contributed by atoms with E-state index in [1.807, 2.05) is 31.2 Å². The zero-order chi connectivity index (χ0) is 25.2. The molecule has 2 aromatic heterocycles. The summed E-state index contributed by atoms with van der Waals surface area (Å²) in [6.45, 7) is 1.77. The first-order chi connectivity index (χ1) is 16.6. The number of carbonyl (C=O) groups excluding carboxylic acids is 1. The van der Waals surface area contributed by atoms with Crippen molar-refractivity contribution in [2.45, 2.75) is 38.0 Å². The lowest BCUT2D eigenvalue weighted by atomic mass is 10.1. The highest BCUT2D eigenvalue weighted by molar-refractivity contribution is 9.10. The first-order valence-electron chi connectivity index (χ1n) is 10.9. The van der Waals surface area contributed by atoms with Crippen molar-refractivity contribution in [3.05, 3.63) is 70.3 Å². The normalized spacial score (nSPS) is 21.1. The highest BCUT2D eigenvalue weighted by Crippen LogP contribution is 2.30. The summed E-state index contributed by atoms with van der Waals surface area (Å²) in [5, 5.41) is 22.8. The lowest BCUT2D eigenvalue weighted by Crippen LogP contribution is -2.24. The minimum atomic E-state index is -4.09. The quantitative estimate of drug-likeness (QED) is 0.330. The number of hydrogen-bond acceptors (Lipinski definition) is 9. The molecule has 1 saturated carbocycles. The number of anilines is 1. The molecule has 1 aliphatic rings. The minimum absolute atomic E-state index is 0.0878. The topological polar surface area (TPSA) is 162 Å². The van der Waals surface area contributed by atoms with Gasteiger partial charge in [0.1, 0.15) is 17.8 Å². The first-order valence-corrected chi connectivity index (χ1v) is 13.1. The summed E-state index contributed by atoms with van der Waals surface area (Å²) in [4.78, 5) is 21.5. The maximum Gasteiger partial charge on any atom is 0.333 e. The van der Waals surface area contributed by atoms with Crippen LogP contribution in [0.5, 0.6) is 0 Å². The molecule has 1 fully saturated rings. The van der Waals surface area contributed by atoms with Crippen LogP contribution in [-0.4, -0.2) is 57.8 Å². The Kier molecular flexibility index (Phi) is 7.62. The van der Waals surface area contributed by atoms with E-state index in [4.69, 9.17) is 5.14 Å². The molecular weight excluding hydrogens is 540 g/mol. The molecule has 0 saturated heterocycles. The van der Waals surface area contributed by atoms with Crippen molar-refractivity contribution in [3.63, 3.8) is 0 Å². The summed E-state index contributed by atoms with van der Waals surface area (Å²) in [7, 11) is -4.09. The van der Waals surface area contributed by atoms with E-state index in [0.29, 0.717) is 18.7 Å². The molecule has 4 N–H and O–H groups in total. The molecule has 0 amide bonds. The number of rotatable bonds is 9. The van der Waals surface area contributed by atoms with Crippen LogP contribution < -0.4 is 10.5 Å². The molecule has 0 aliphatic heterocycles. The average Bonchev–Trinajstić information content (AvgIpc) is 3.43. The van der Waals surface area contributed by atoms with Crippen molar-refractivity contribution in [2.24, 2.45) is 11.1 Å². The Hall–Kier alpha value is -2.71. The summed E-state index contributed by atoms with van der Waals surface area (Å²) in [6, 6.07) is 9.17. The second-order valence-corrected chi connectivity index (χ2v) is 10.6. The summed E-state index contributed by atoms with van der Waals surface area (Å²) in [5.74, 6) is -0.465. The molecule has 0 radical (unpaired) electrons. The smallest absolute Gasteiger partial charge is 0.333 e. The van der Waals surface area contributed by atoms with E-state index in [1.54, 1.807) is 16.9 Å². The third kappa shape index (κ3) is 6.30. The van der Waals surface area contributed by atoms with Crippen LogP contribution in [0.25, 0.3) is 0 Å². The van der Waals surface area contributed by atoms with Gasteiger partial charge in [-0.05, 0) is 43.5 Å². The fourth-order valence-electron chi connectivity index (χ4n) is 4.12. The number of aliphatic hydroxyl groups is 1. The van der Waals surface area contributed by atoms with Gasteiger partial charge in [-0.1, -0.05) is 28.1 Å². The third-order valence-electron chi connectivity index (χ3n) is 5.97. The molecule has 11 nitrogen and oxygen atoms in total. The van der Waals surface area contributed by atoms with Gasteiger partial charge in [0, 0.05) is 28.8 Å². The molecule has 0 bridgehead atoms. The van der Waals surface area contributed by atoms with E-state index in [0.717, 1.165) is 10.0 Å². The maximum absolute atomic E-state index is 13.3. The average molecular weight is 565 g/mol. The van der Waals surface area contributed by atoms with E-state index >= 15 is 0 Å². The third-order valence-corrected chi connectivity index (χ3v) is 6.93. The van der Waals surface area contributed by atoms with Crippen LogP contribution in [0.4, 0.5) is 5.82 Å². The second kappa shape index (κ2) is 10.5. The number of benzene rings is 1. The van der Waals surface area contributed by atoms with Gasteiger partial charge in [0.25, 0.3) is 0 Å². The Morgan fingerprint density at radius 2 is 2.17 bits per heavy atom. The van der Waals surface area contributed by atoms with E-state index < -0.39 is 22.3 Å². The summed E-state index contributed by atoms with van der Waals surface area (Å²) in [5.41, 5.74) is 1.52.